The number of amides is 2. The van der Waals surface area contributed by atoms with E-state index in [1.54, 1.807) is 4.90 Å². The van der Waals surface area contributed by atoms with Crippen molar-refractivity contribution >= 4 is 21.7 Å². The maximum absolute atomic E-state index is 13.3. The second-order valence-corrected chi connectivity index (χ2v) is 12.4. The topological polar surface area (TPSA) is 86.8 Å². The second-order valence-electron chi connectivity index (χ2n) is 10.2. The number of rotatable bonds is 8. The fraction of sp³-hybridized carbons (Fsp3) is 0.680. The standard InChI is InChI=1S/C25H36F3N3O4S/c1-5-30(16(2)3)20-9-10-22(18(14-20)15-36(4,34)35)31-12-11-21(24(31)33)29-23(32)17-7-6-8-19(13-17)25(26,27)28/h6-8,13,16,18,20-22H,5,9-12,14-15H2,1-4H3,(H,29,32)/t18-,20+,21?,22-/m0/s1. The van der Waals surface area contributed by atoms with E-state index in [2.05, 4.69) is 31.0 Å². The van der Waals surface area contributed by atoms with E-state index in [1.165, 1.54) is 12.3 Å². The van der Waals surface area contributed by atoms with Crippen LogP contribution in [0, 0.1) is 5.92 Å². The van der Waals surface area contributed by atoms with E-state index < -0.39 is 33.5 Å². The summed E-state index contributed by atoms with van der Waals surface area (Å²) in [6.45, 7) is 7.53. The Morgan fingerprint density at radius 3 is 2.50 bits per heavy atom. The van der Waals surface area contributed by atoms with Gasteiger partial charge in [-0.05, 0) is 70.2 Å². The van der Waals surface area contributed by atoms with Gasteiger partial charge < -0.3 is 10.2 Å². The minimum atomic E-state index is -4.58. The van der Waals surface area contributed by atoms with Gasteiger partial charge in [-0.3, -0.25) is 14.5 Å². The molecule has 11 heteroatoms. The SMILES string of the molecule is CCN(C(C)C)[C@@H]1CC[C@H](N2CCC(NC(=O)c3cccc(C(F)(F)F)c3)C2=O)[C@H](CS(C)(=O)=O)C1. The first kappa shape index (κ1) is 28.4. The summed E-state index contributed by atoms with van der Waals surface area (Å²) in [7, 11) is -3.28. The van der Waals surface area contributed by atoms with Gasteiger partial charge in [0.25, 0.3) is 5.91 Å². The predicted molar refractivity (Wildman–Crippen MR) is 131 cm³/mol. The minimum absolute atomic E-state index is 0.0190. The van der Waals surface area contributed by atoms with E-state index in [-0.39, 0.29) is 35.2 Å². The van der Waals surface area contributed by atoms with Gasteiger partial charge in [0, 0.05) is 36.5 Å². The van der Waals surface area contributed by atoms with Crippen LogP contribution in [-0.4, -0.2) is 79.3 Å². The number of hydrogen-bond acceptors (Lipinski definition) is 5. The minimum Gasteiger partial charge on any atom is -0.340 e. The molecule has 1 aliphatic carbocycles. The van der Waals surface area contributed by atoms with Gasteiger partial charge >= 0.3 is 6.18 Å². The molecule has 36 heavy (non-hydrogen) atoms. The summed E-state index contributed by atoms with van der Waals surface area (Å²) in [6.07, 6.45) is -0.892. The Bertz CT molecular complexity index is 1060. The third kappa shape index (κ3) is 6.79. The summed E-state index contributed by atoms with van der Waals surface area (Å²) in [5.74, 6) is -1.30. The van der Waals surface area contributed by atoms with Gasteiger partial charge in [0.1, 0.15) is 15.9 Å². The third-order valence-corrected chi connectivity index (χ3v) is 8.36. The summed E-state index contributed by atoms with van der Waals surface area (Å²) < 4.78 is 63.5. The van der Waals surface area contributed by atoms with Crippen molar-refractivity contribution in [1.29, 1.82) is 0 Å². The Kier molecular flexibility index (Phi) is 8.75. The van der Waals surface area contributed by atoms with Crippen molar-refractivity contribution < 1.29 is 31.2 Å². The molecule has 2 aliphatic rings. The van der Waals surface area contributed by atoms with E-state index in [0.29, 0.717) is 31.8 Å². The first-order valence-electron chi connectivity index (χ1n) is 12.4. The molecule has 1 aromatic rings. The molecule has 7 nitrogen and oxygen atoms in total. The Hall–Kier alpha value is -2.14. The fourth-order valence-corrected chi connectivity index (χ4v) is 6.93. The highest BCUT2D eigenvalue weighted by Gasteiger charge is 2.44. The molecule has 202 valence electrons. The molecule has 1 saturated heterocycles. The van der Waals surface area contributed by atoms with Crippen molar-refractivity contribution in [3.05, 3.63) is 35.4 Å². The van der Waals surface area contributed by atoms with Crippen molar-refractivity contribution in [2.45, 2.75) is 76.8 Å². The quantitative estimate of drug-likeness (QED) is 0.556. The number of likely N-dealkylation sites (tertiary alicyclic amines) is 1. The molecule has 0 aromatic heterocycles. The molecule has 1 saturated carbocycles. The molecular weight excluding hydrogens is 495 g/mol. The number of nitrogens with one attached hydrogen (secondary N) is 1. The highest BCUT2D eigenvalue weighted by atomic mass is 32.2. The number of carbonyl (C=O) groups excluding carboxylic acids is 2. The third-order valence-electron chi connectivity index (χ3n) is 7.33. The first-order valence-corrected chi connectivity index (χ1v) is 14.5. The van der Waals surface area contributed by atoms with Crippen LogP contribution in [0.2, 0.25) is 0 Å². The Morgan fingerprint density at radius 2 is 1.92 bits per heavy atom. The highest BCUT2D eigenvalue weighted by Crippen LogP contribution is 2.35. The zero-order chi connectivity index (χ0) is 26.8. The maximum atomic E-state index is 13.3. The zero-order valence-corrected chi connectivity index (χ0v) is 22.0. The summed E-state index contributed by atoms with van der Waals surface area (Å²) >= 11 is 0. The molecular formula is C25H36F3N3O4S. The summed E-state index contributed by atoms with van der Waals surface area (Å²) in [5, 5.41) is 2.58. The van der Waals surface area contributed by atoms with Crippen LogP contribution in [0.25, 0.3) is 0 Å². The van der Waals surface area contributed by atoms with Crippen LogP contribution < -0.4 is 5.32 Å². The number of hydrogen-bond donors (Lipinski definition) is 1. The molecule has 4 atom stereocenters. The fourth-order valence-electron chi connectivity index (χ4n) is 5.79. The largest absolute Gasteiger partial charge is 0.416 e. The number of benzene rings is 1. The van der Waals surface area contributed by atoms with E-state index in [4.69, 9.17) is 0 Å². The zero-order valence-electron chi connectivity index (χ0n) is 21.2. The van der Waals surface area contributed by atoms with Crippen molar-refractivity contribution in [1.82, 2.24) is 15.1 Å². The lowest BCUT2D eigenvalue weighted by molar-refractivity contribution is -0.137. The smallest absolute Gasteiger partial charge is 0.340 e. The second kappa shape index (κ2) is 11.1. The van der Waals surface area contributed by atoms with Gasteiger partial charge in [-0.25, -0.2) is 8.42 Å². The van der Waals surface area contributed by atoms with Gasteiger partial charge in [0.05, 0.1) is 11.3 Å². The maximum Gasteiger partial charge on any atom is 0.416 e. The van der Waals surface area contributed by atoms with E-state index in [9.17, 15) is 31.2 Å². The van der Waals surface area contributed by atoms with E-state index in [1.807, 2.05) is 0 Å². The van der Waals surface area contributed by atoms with Gasteiger partial charge in [-0.1, -0.05) is 13.0 Å². The molecule has 1 unspecified atom stereocenters. The van der Waals surface area contributed by atoms with Crippen molar-refractivity contribution in [2.24, 2.45) is 5.92 Å². The monoisotopic (exact) mass is 531 g/mol. The van der Waals surface area contributed by atoms with Gasteiger partial charge in [0.2, 0.25) is 5.91 Å². The Labute approximate surface area is 211 Å². The number of carbonyl (C=O) groups is 2. The molecule has 2 amide bonds. The lowest BCUT2D eigenvalue weighted by Gasteiger charge is -2.45. The highest BCUT2D eigenvalue weighted by molar-refractivity contribution is 7.90. The van der Waals surface area contributed by atoms with Crippen LogP contribution in [0.5, 0.6) is 0 Å². The van der Waals surface area contributed by atoms with Crippen LogP contribution in [0.1, 0.15) is 62.4 Å². The number of nitrogens with zero attached hydrogens (tertiary/aromatic N) is 2. The molecule has 0 bridgehead atoms. The average molecular weight is 532 g/mol. The van der Waals surface area contributed by atoms with Crippen LogP contribution in [0.3, 0.4) is 0 Å². The first-order chi connectivity index (χ1) is 16.7. The summed E-state index contributed by atoms with van der Waals surface area (Å²) in [6, 6.07) is 3.52. The molecule has 1 heterocycles. The average Bonchev–Trinajstić information content (AvgIpc) is 3.12. The molecule has 0 radical (unpaired) electrons. The van der Waals surface area contributed by atoms with Crippen LogP contribution in [-0.2, 0) is 20.8 Å². The number of sulfone groups is 1. The lowest BCUT2D eigenvalue weighted by Crippen LogP contribution is -2.53. The van der Waals surface area contributed by atoms with Gasteiger partial charge in [-0.2, -0.15) is 13.2 Å². The van der Waals surface area contributed by atoms with Crippen molar-refractivity contribution in [2.75, 3.05) is 25.1 Å². The Morgan fingerprint density at radius 1 is 1.22 bits per heavy atom. The number of alkyl halides is 3. The van der Waals surface area contributed by atoms with Gasteiger partial charge in [0.15, 0.2) is 0 Å². The Balaban J connectivity index is 1.73. The molecule has 1 aliphatic heterocycles. The molecule has 3 rings (SSSR count). The van der Waals surface area contributed by atoms with Crippen molar-refractivity contribution in [3.63, 3.8) is 0 Å². The van der Waals surface area contributed by atoms with Crippen LogP contribution in [0.4, 0.5) is 13.2 Å². The summed E-state index contributed by atoms with van der Waals surface area (Å²) in [5.41, 5.74) is -1.10. The summed E-state index contributed by atoms with van der Waals surface area (Å²) in [4.78, 5) is 29.9. The molecule has 0 spiro atoms. The van der Waals surface area contributed by atoms with E-state index >= 15 is 0 Å². The van der Waals surface area contributed by atoms with Crippen LogP contribution in [0.15, 0.2) is 24.3 Å². The lowest BCUT2D eigenvalue weighted by atomic mass is 9.80. The number of halogens is 3. The van der Waals surface area contributed by atoms with Crippen molar-refractivity contribution in [3.8, 4) is 0 Å². The van der Waals surface area contributed by atoms with Crippen LogP contribution >= 0.6 is 0 Å². The van der Waals surface area contributed by atoms with Gasteiger partial charge in [-0.15, -0.1) is 0 Å². The molecule has 2 fully saturated rings. The predicted octanol–water partition coefficient (Wildman–Crippen LogP) is 3.35. The normalized spacial score (nSPS) is 25.6. The molecule has 1 aromatic carbocycles. The molecule has 1 N–H and O–H groups in total. The van der Waals surface area contributed by atoms with E-state index in [0.717, 1.165) is 31.2 Å².